The van der Waals surface area contributed by atoms with Gasteiger partial charge in [0.05, 0.1) is 0 Å². The third kappa shape index (κ3) is 6.78. The number of hydrogen-bond acceptors (Lipinski definition) is 5. The Hall–Kier alpha value is -1.66. The lowest BCUT2D eigenvalue weighted by molar-refractivity contribution is 0.152. The molecule has 0 unspecified atom stereocenters. The summed E-state index contributed by atoms with van der Waals surface area (Å²) in [6.45, 7) is 8.11. The Balaban J connectivity index is 1.42. The molecule has 0 amide bonds. The van der Waals surface area contributed by atoms with Crippen molar-refractivity contribution in [2.24, 2.45) is 0 Å². The van der Waals surface area contributed by atoms with Gasteiger partial charge in [-0.25, -0.2) is 0 Å². The van der Waals surface area contributed by atoms with Gasteiger partial charge in [-0.15, -0.1) is 0 Å². The van der Waals surface area contributed by atoms with E-state index in [0.29, 0.717) is 6.61 Å². The lowest BCUT2D eigenvalue weighted by atomic mass is 10.2. The third-order valence-electron chi connectivity index (χ3n) is 4.88. The van der Waals surface area contributed by atoms with Crippen molar-refractivity contribution in [3.05, 3.63) is 58.9 Å². The number of hydrogen-bond donors (Lipinski definition) is 1. The Kier molecular flexibility index (Phi) is 7.90. The quantitative estimate of drug-likeness (QED) is 0.668. The molecule has 1 aliphatic heterocycles. The van der Waals surface area contributed by atoms with Gasteiger partial charge in [0, 0.05) is 61.3 Å². The van der Waals surface area contributed by atoms with Crippen molar-refractivity contribution in [2.75, 3.05) is 46.3 Å². The molecule has 1 N–H and O–H groups in total. The van der Waals surface area contributed by atoms with Crippen molar-refractivity contribution in [2.45, 2.75) is 19.6 Å². The van der Waals surface area contributed by atoms with Gasteiger partial charge in [0.1, 0.15) is 12.4 Å². The summed E-state index contributed by atoms with van der Waals surface area (Å²) in [7, 11) is 2.19. The molecule has 5 nitrogen and oxygen atoms in total. The van der Waals surface area contributed by atoms with E-state index in [1.165, 1.54) is 26.2 Å². The first-order valence-corrected chi connectivity index (χ1v) is 10.0. The van der Waals surface area contributed by atoms with Crippen molar-refractivity contribution < 1.29 is 4.74 Å². The highest BCUT2D eigenvalue weighted by Crippen LogP contribution is 2.23. The van der Waals surface area contributed by atoms with E-state index in [0.717, 1.165) is 48.0 Å². The summed E-state index contributed by atoms with van der Waals surface area (Å²) in [6, 6.07) is 9.73. The molecule has 0 atom stereocenters. The van der Waals surface area contributed by atoms with Gasteiger partial charge in [0.15, 0.2) is 0 Å². The van der Waals surface area contributed by atoms with Crippen LogP contribution in [0.25, 0.3) is 0 Å². The molecular formula is C21H29ClN4O. The van der Waals surface area contributed by atoms with Crippen LogP contribution in [-0.2, 0) is 13.2 Å². The van der Waals surface area contributed by atoms with Crippen LogP contribution >= 0.6 is 11.6 Å². The van der Waals surface area contributed by atoms with Gasteiger partial charge in [0.2, 0.25) is 0 Å². The van der Waals surface area contributed by atoms with Gasteiger partial charge >= 0.3 is 0 Å². The van der Waals surface area contributed by atoms with E-state index in [2.05, 4.69) is 27.1 Å². The minimum absolute atomic E-state index is 0.506. The van der Waals surface area contributed by atoms with Crippen LogP contribution in [0.1, 0.15) is 17.5 Å². The lowest BCUT2D eigenvalue weighted by Crippen LogP contribution is -2.45. The predicted molar refractivity (Wildman–Crippen MR) is 110 cm³/mol. The normalized spacial score (nSPS) is 15.8. The molecule has 1 saturated heterocycles. The summed E-state index contributed by atoms with van der Waals surface area (Å²) in [5, 5.41) is 4.26. The summed E-state index contributed by atoms with van der Waals surface area (Å²) in [6.07, 6.45) is 4.74. The van der Waals surface area contributed by atoms with E-state index < -0.39 is 0 Å². The highest BCUT2D eigenvalue weighted by atomic mass is 35.5. The van der Waals surface area contributed by atoms with Crippen LogP contribution in [-0.4, -0.2) is 61.1 Å². The van der Waals surface area contributed by atoms with Crippen LogP contribution in [0.15, 0.2) is 42.7 Å². The van der Waals surface area contributed by atoms with Crippen LogP contribution in [0.4, 0.5) is 0 Å². The van der Waals surface area contributed by atoms with Gasteiger partial charge < -0.3 is 19.9 Å². The first kappa shape index (κ1) is 20.1. The molecule has 146 valence electrons. The van der Waals surface area contributed by atoms with Crippen molar-refractivity contribution >= 4 is 11.6 Å². The van der Waals surface area contributed by atoms with Crippen molar-refractivity contribution in [1.29, 1.82) is 0 Å². The fourth-order valence-corrected chi connectivity index (χ4v) is 3.39. The van der Waals surface area contributed by atoms with Crippen LogP contribution in [0, 0.1) is 0 Å². The number of piperazine rings is 1. The van der Waals surface area contributed by atoms with Gasteiger partial charge in [-0.05, 0) is 50.8 Å². The largest absolute Gasteiger partial charge is 0.489 e. The number of nitrogens with one attached hydrogen (secondary N) is 1. The summed E-state index contributed by atoms with van der Waals surface area (Å²) < 4.78 is 5.99. The molecule has 0 aliphatic carbocycles. The highest BCUT2D eigenvalue weighted by Gasteiger charge is 2.12. The molecule has 1 aromatic heterocycles. The Morgan fingerprint density at radius 3 is 2.81 bits per heavy atom. The second-order valence-corrected chi connectivity index (χ2v) is 7.51. The number of aromatic nitrogens is 1. The molecule has 0 radical (unpaired) electrons. The van der Waals surface area contributed by atoms with Gasteiger partial charge in [-0.1, -0.05) is 17.7 Å². The topological polar surface area (TPSA) is 40.6 Å². The van der Waals surface area contributed by atoms with Crippen molar-refractivity contribution in [3.63, 3.8) is 0 Å². The molecule has 2 aromatic rings. The Morgan fingerprint density at radius 2 is 2.04 bits per heavy atom. The monoisotopic (exact) mass is 388 g/mol. The fourth-order valence-electron chi connectivity index (χ4n) is 3.19. The average molecular weight is 389 g/mol. The van der Waals surface area contributed by atoms with E-state index in [1.54, 1.807) is 6.20 Å². The molecule has 2 heterocycles. The number of halogens is 1. The third-order valence-corrected chi connectivity index (χ3v) is 5.11. The van der Waals surface area contributed by atoms with Crippen LogP contribution in [0.2, 0.25) is 5.02 Å². The SMILES string of the molecule is CN1CCN(CCCNCc2cc(Cl)ccc2OCc2cccnc2)CC1. The summed E-state index contributed by atoms with van der Waals surface area (Å²) in [5.74, 6) is 0.870. The molecular weight excluding hydrogens is 360 g/mol. The molecule has 0 spiro atoms. The Labute approximate surface area is 167 Å². The molecule has 3 rings (SSSR count). The van der Waals surface area contributed by atoms with E-state index in [4.69, 9.17) is 16.3 Å². The summed E-state index contributed by atoms with van der Waals surface area (Å²) >= 11 is 6.18. The number of likely N-dealkylation sites (N-methyl/N-ethyl adjacent to an activating group) is 1. The molecule has 0 saturated carbocycles. The standard InChI is InChI=1S/C21H29ClN4O/c1-25-10-12-26(13-11-25)9-3-8-24-16-19-14-20(22)5-6-21(19)27-17-18-4-2-7-23-15-18/h2,4-7,14-15,24H,3,8-13,16-17H2,1H3. The maximum Gasteiger partial charge on any atom is 0.124 e. The molecule has 1 fully saturated rings. The minimum Gasteiger partial charge on any atom is -0.489 e. The smallest absolute Gasteiger partial charge is 0.124 e. The van der Waals surface area contributed by atoms with E-state index >= 15 is 0 Å². The zero-order valence-corrected chi connectivity index (χ0v) is 16.8. The number of ether oxygens (including phenoxy) is 1. The minimum atomic E-state index is 0.506. The number of nitrogens with zero attached hydrogens (tertiary/aromatic N) is 3. The summed E-state index contributed by atoms with van der Waals surface area (Å²) in [5.41, 5.74) is 2.14. The maximum atomic E-state index is 6.18. The first-order valence-electron chi connectivity index (χ1n) is 9.62. The maximum absolute atomic E-state index is 6.18. The van der Waals surface area contributed by atoms with E-state index in [-0.39, 0.29) is 0 Å². The van der Waals surface area contributed by atoms with Crippen LogP contribution < -0.4 is 10.1 Å². The Bertz CT molecular complexity index is 690. The Morgan fingerprint density at radius 1 is 1.19 bits per heavy atom. The number of rotatable bonds is 9. The van der Waals surface area contributed by atoms with E-state index in [9.17, 15) is 0 Å². The van der Waals surface area contributed by atoms with Gasteiger partial charge in [0.25, 0.3) is 0 Å². The molecule has 6 heteroatoms. The second-order valence-electron chi connectivity index (χ2n) is 7.08. The second kappa shape index (κ2) is 10.6. The van der Waals surface area contributed by atoms with Crippen molar-refractivity contribution in [3.8, 4) is 5.75 Å². The van der Waals surface area contributed by atoms with Gasteiger partial charge in [-0.3, -0.25) is 4.98 Å². The zero-order chi connectivity index (χ0) is 18.9. The molecule has 1 aliphatic rings. The molecule has 1 aromatic carbocycles. The zero-order valence-electron chi connectivity index (χ0n) is 16.0. The van der Waals surface area contributed by atoms with Crippen LogP contribution in [0.3, 0.4) is 0 Å². The lowest BCUT2D eigenvalue weighted by Gasteiger charge is -2.32. The molecule has 27 heavy (non-hydrogen) atoms. The summed E-state index contributed by atoms with van der Waals surface area (Å²) in [4.78, 5) is 9.06. The molecule has 0 bridgehead atoms. The average Bonchev–Trinajstić information content (AvgIpc) is 2.69. The first-order chi connectivity index (χ1) is 13.2. The highest BCUT2D eigenvalue weighted by molar-refractivity contribution is 6.30. The number of benzene rings is 1. The number of pyridine rings is 1. The fraction of sp³-hybridized carbons (Fsp3) is 0.476. The van der Waals surface area contributed by atoms with Crippen LogP contribution in [0.5, 0.6) is 5.75 Å². The predicted octanol–water partition coefficient (Wildman–Crippen LogP) is 3.04. The van der Waals surface area contributed by atoms with Crippen molar-refractivity contribution in [1.82, 2.24) is 20.1 Å². The van der Waals surface area contributed by atoms with E-state index in [1.807, 2.05) is 36.5 Å². The van der Waals surface area contributed by atoms with Gasteiger partial charge in [-0.2, -0.15) is 0 Å².